The lowest BCUT2D eigenvalue weighted by Crippen LogP contribution is -2.23. The SMILES string of the molecule is Cc1ccc(Br)cc1-c1nc(=O)n(C)cc1C(=O)O. The third kappa shape index (κ3) is 2.58. The number of aromatic nitrogens is 2. The lowest BCUT2D eigenvalue weighted by molar-refractivity contribution is 0.0696. The summed E-state index contributed by atoms with van der Waals surface area (Å²) >= 11 is 3.33. The Hall–Kier alpha value is -1.95. The van der Waals surface area contributed by atoms with E-state index in [1.807, 2.05) is 19.1 Å². The molecule has 0 unspecified atom stereocenters. The molecule has 0 aliphatic carbocycles. The van der Waals surface area contributed by atoms with E-state index < -0.39 is 11.7 Å². The minimum atomic E-state index is -1.11. The highest BCUT2D eigenvalue weighted by atomic mass is 79.9. The molecule has 5 nitrogen and oxygen atoms in total. The number of carbonyl (C=O) groups is 1. The number of hydrogen-bond acceptors (Lipinski definition) is 3. The first-order valence-electron chi connectivity index (χ1n) is 5.47. The summed E-state index contributed by atoms with van der Waals surface area (Å²) in [4.78, 5) is 26.8. The second-order valence-electron chi connectivity index (χ2n) is 4.16. The number of carboxylic acid groups (broad SMARTS) is 1. The fourth-order valence-electron chi connectivity index (χ4n) is 1.76. The summed E-state index contributed by atoms with van der Waals surface area (Å²) in [5.41, 5.74) is 1.19. The van der Waals surface area contributed by atoms with Crippen LogP contribution in [-0.4, -0.2) is 20.6 Å². The first-order chi connectivity index (χ1) is 8.90. The number of rotatable bonds is 2. The van der Waals surface area contributed by atoms with E-state index >= 15 is 0 Å². The maximum atomic E-state index is 11.6. The molecule has 2 aromatic rings. The van der Waals surface area contributed by atoms with Crippen molar-refractivity contribution in [3.05, 3.63) is 50.5 Å². The molecule has 19 heavy (non-hydrogen) atoms. The average molecular weight is 323 g/mol. The van der Waals surface area contributed by atoms with Crippen LogP contribution in [0.25, 0.3) is 11.3 Å². The van der Waals surface area contributed by atoms with Crippen molar-refractivity contribution in [1.82, 2.24) is 9.55 Å². The molecule has 6 heteroatoms. The second-order valence-corrected chi connectivity index (χ2v) is 5.08. The van der Waals surface area contributed by atoms with Crippen LogP contribution >= 0.6 is 15.9 Å². The smallest absolute Gasteiger partial charge is 0.347 e. The minimum absolute atomic E-state index is 0.00306. The molecular formula is C13H11BrN2O3. The number of halogens is 1. The van der Waals surface area contributed by atoms with Gasteiger partial charge in [0.25, 0.3) is 0 Å². The van der Waals surface area contributed by atoms with Gasteiger partial charge in [-0.2, -0.15) is 4.98 Å². The van der Waals surface area contributed by atoms with Gasteiger partial charge in [-0.3, -0.25) is 0 Å². The fraction of sp³-hybridized carbons (Fsp3) is 0.154. The molecule has 1 aromatic heterocycles. The molecule has 1 heterocycles. The topological polar surface area (TPSA) is 72.2 Å². The van der Waals surface area contributed by atoms with Crippen LogP contribution in [0.2, 0.25) is 0 Å². The first kappa shape index (κ1) is 13.5. The van der Waals surface area contributed by atoms with Gasteiger partial charge in [0, 0.05) is 23.3 Å². The van der Waals surface area contributed by atoms with Crippen LogP contribution in [0.5, 0.6) is 0 Å². The maximum absolute atomic E-state index is 11.6. The van der Waals surface area contributed by atoms with Gasteiger partial charge in [0.15, 0.2) is 0 Å². The Morgan fingerprint density at radius 3 is 2.74 bits per heavy atom. The van der Waals surface area contributed by atoms with Crippen molar-refractivity contribution in [3.8, 4) is 11.3 Å². The molecule has 1 N–H and O–H groups in total. The number of aromatic carboxylic acids is 1. The van der Waals surface area contributed by atoms with Crippen molar-refractivity contribution >= 4 is 21.9 Å². The largest absolute Gasteiger partial charge is 0.478 e. The van der Waals surface area contributed by atoms with Gasteiger partial charge in [0.1, 0.15) is 5.56 Å². The number of aryl methyl sites for hydroxylation is 2. The van der Waals surface area contributed by atoms with Crippen LogP contribution in [0.3, 0.4) is 0 Å². The Morgan fingerprint density at radius 2 is 2.11 bits per heavy atom. The van der Waals surface area contributed by atoms with Crippen LogP contribution in [0.4, 0.5) is 0 Å². The molecular weight excluding hydrogens is 312 g/mol. The quantitative estimate of drug-likeness (QED) is 0.920. The van der Waals surface area contributed by atoms with E-state index in [9.17, 15) is 14.7 Å². The van der Waals surface area contributed by atoms with Crippen LogP contribution in [0.1, 0.15) is 15.9 Å². The van der Waals surface area contributed by atoms with Crippen molar-refractivity contribution in [2.24, 2.45) is 7.05 Å². The molecule has 0 fully saturated rings. The number of nitrogens with zero attached hydrogens (tertiary/aromatic N) is 2. The van der Waals surface area contributed by atoms with E-state index in [1.165, 1.54) is 13.2 Å². The van der Waals surface area contributed by atoms with Gasteiger partial charge in [-0.25, -0.2) is 9.59 Å². The number of benzene rings is 1. The van der Waals surface area contributed by atoms with E-state index in [2.05, 4.69) is 20.9 Å². The van der Waals surface area contributed by atoms with Crippen molar-refractivity contribution < 1.29 is 9.90 Å². The summed E-state index contributed by atoms with van der Waals surface area (Å²) in [6.07, 6.45) is 1.29. The molecule has 0 amide bonds. The molecule has 98 valence electrons. The van der Waals surface area contributed by atoms with Crippen molar-refractivity contribution in [1.29, 1.82) is 0 Å². The molecule has 0 aliphatic heterocycles. The van der Waals surface area contributed by atoms with Crippen molar-refractivity contribution in [3.63, 3.8) is 0 Å². The van der Waals surface area contributed by atoms with Crippen LogP contribution in [-0.2, 0) is 7.05 Å². The molecule has 0 atom stereocenters. The Balaban J connectivity index is 2.81. The van der Waals surface area contributed by atoms with E-state index in [4.69, 9.17) is 0 Å². The van der Waals surface area contributed by atoms with Crippen LogP contribution < -0.4 is 5.69 Å². The summed E-state index contributed by atoms with van der Waals surface area (Å²) in [5, 5.41) is 9.24. The van der Waals surface area contributed by atoms with Gasteiger partial charge in [-0.05, 0) is 24.6 Å². The maximum Gasteiger partial charge on any atom is 0.347 e. The van der Waals surface area contributed by atoms with Gasteiger partial charge in [-0.1, -0.05) is 22.0 Å². The summed E-state index contributed by atoms with van der Waals surface area (Å²) in [6.45, 7) is 1.84. The van der Waals surface area contributed by atoms with Gasteiger partial charge >= 0.3 is 11.7 Å². The summed E-state index contributed by atoms with van der Waals surface area (Å²) in [5.74, 6) is -1.11. The zero-order valence-electron chi connectivity index (χ0n) is 10.3. The summed E-state index contributed by atoms with van der Waals surface area (Å²) in [6, 6.07) is 5.44. The van der Waals surface area contributed by atoms with Gasteiger partial charge in [0.05, 0.1) is 5.69 Å². The summed E-state index contributed by atoms with van der Waals surface area (Å²) < 4.78 is 1.95. The Bertz CT molecular complexity index is 722. The van der Waals surface area contributed by atoms with E-state index in [0.29, 0.717) is 5.56 Å². The van der Waals surface area contributed by atoms with Crippen molar-refractivity contribution in [2.75, 3.05) is 0 Å². The predicted octanol–water partition coefficient (Wildman–Crippen LogP) is 2.22. The average Bonchev–Trinajstić information content (AvgIpc) is 2.35. The minimum Gasteiger partial charge on any atom is -0.478 e. The zero-order chi connectivity index (χ0) is 14.2. The highest BCUT2D eigenvalue weighted by molar-refractivity contribution is 9.10. The molecule has 0 radical (unpaired) electrons. The lowest BCUT2D eigenvalue weighted by Gasteiger charge is -2.09. The highest BCUT2D eigenvalue weighted by Gasteiger charge is 2.17. The molecule has 0 saturated carbocycles. The molecule has 0 aliphatic rings. The Kier molecular flexibility index (Phi) is 3.53. The molecule has 1 aromatic carbocycles. The van der Waals surface area contributed by atoms with Gasteiger partial charge < -0.3 is 9.67 Å². The highest BCUT2D eigenvalue weighted by Crippen LogP contribution is 2.27. The van der Waals surface area contributed by atoms with Gasteiger partial charge in [0.2, 0.25) is 0 Å². The number of carboxylic acids is 1. The van der Waals surface area contributed by atoms with Gasteiger partial charge in [-0.15, -0.1) is 0 Å². The third-order valence-corrected chi connectivity index (χ3v) is 3.27. The van der Waals surface area contributed by atoms with E-state index in [1.54, 1.807) is 6.07 Å². The van der Waals surface area contributed by atoms with E-state index in [0.717, 1.165) is 14.6 Å². The van der Waals surface area contributed by atoms with Crippen molar-refractivity contribution in [2.45, 2.75) is 6.92 Å². The van der Waals surface area contributed by atoms with Crippen LogP contribution in [0.15, 0.2) is 33.7 Å². The molecule has 0 saturated heterocycles. The fourth-order valence-corrected chi connectivity index (χ4v) is 2.12. The molecule has 0 spiro atoms. The Morgan fingerprint density at radius 1 is 1.42 bits per heavy atom. The Labute approximate surface area is 117 Å². The second kappa shape index (κ2) is 4.97. The zero-order valence-corrected chi connectivity index (χ0v) is 11.9. The molecule has 0 bridgehead atoms. The first-order valence-corrected chi connectivity index (χ1v) is 6.27. The monoisotopic (exact) mass is 322 g/mol. The summed E-state index contributed by atoms with van der Waals surface area (Å²) in [7, 11) is 1.47. The van der Waals surface area contributed by atoms with E-state index in [-0.39, 0.29) is 11.3 Å². The lowest BCUT2D eigenvalue weighted by atomic mass is 10.0. The molecule has 2 rings (SSSR count). The predicted molar refractivity (Wildman–Crippen MR) is 74.3 cm³/mol. The number of hydrogen-bond donors (Lipinski definition) is 1. The standard InChI is InChI=1S/C13H11BrN2O3/c1-7-3-4-8(14)5-9(7)11-10(12(17)18)6-16(2)13(19)15-11/h3-6H,1-2H3,(H,17,18). The third-order valence-electron chi connectivity index (χ3n) is 2.77. The van der Waals surface area contributed by atoms with Crippen LogP contribution in [0, 0.1) is 6.92 Å². The normalized spacial score (nSPS) is 10.5.